The third kappa shape index (κ3) is 4.81. The van der Waals surface area contributed by atoms with Crippen LogP contribution in [0.4, 0.5) is 4.39 Å². The molecule has 0 heterocycles. The molecule has 0 aliphatic heterocycles. The summed E-state index contributed by atoms with van der Waals surface area (Å²) in [6.45, 7) is 2.80. The molecule has 100 valence electrons. The van der Waals surface area contributed by atoms with Gasteiger partial charge in [-0.3, -0.25) is 9.69 Å². The third-order valence-corrected chi connectivity index (χ3v) is 2.61. The van der Waals surface area contributed by atoms with Crippen LogP contribution in [0.2, 0.25) is 0 Å². The van der Waals surface area contributed by atoms with Gasteiger partial charge in [0.2, 0.25) is 5.91 Å². The Morgan fingerprint density at radius 2 is 2.22 bits per heavy atom. The summed E-state index contributed by atoms with van der Waals surface area (Å²) in [5.41, 5.74) is 1.44. The number of nitrogens with one attached hydrogen (secondary N) is 1. The number of hydrogen-bond acceptors (Lipinski definition) is 3. The smallest absolute Gasteiger partial charge is 0.234 e. The van der Waals surface area contributed by atoms with Gasteiger partial charge in [-0.25, -0.2) is 4.39 Å². The second kappa shape index (κ2) is 7.08. The predicted octanol–water partition coefficient (Wildman–Crippen LogP) is 0.674. The Hall–Kier alpha value is -1.46. The molecule has 0 saturated carbocycles. The average Bonchev–Trinajstić information content (AvgIpc) is 2.31. The number of halogens is 1. The van der Waals surface area contributed by atoms with Crippen LogP contribution in [-0.4, -0.2) is 42.7 Å². The van der Waals surface area contributed by atoms with Gasteiger partial charge in [-0.2, -0.15) is 0 Å². The van der Waals surface area contributed by atoms with Crippen molar-refractivity contribution in [3.8, 4) is 0 Å². The molecule has 0 radical (unpaired) electrons. The van der Waals surface area contributed by atoms with Crippen LogP contribution in [0.15, 0.2) is 18.2 Å². The zero-order valence-electron chi connectivity index (χ0n) is 10.7. The molecule has 0 atom stereocenters. The zero-order valence-corrected chi connectivity index (χ0v) is 10.7. The third-order valence-electron chi connectivity index (χ3n) is 2.61. The van der Waals surface area contributed by atoms with Crippen molar-refractivity contribution < 1.29 is 14.3 Å². The minimum atomic E-state index is -0.243. The first kappa shape index (κ1) is 14.6. The van der Waals surface area contributed by atoms with Crippen molar-refractivity contribution in [3.05, 3.63) is 35.1 Å². The Labute approximate surface area is 106 Å². The number of rotatable bonds is 6. The van der Waals surface area contributed by atoms with Crippen molar-refractivity contribution in [2.75, 3.05) is 26.7 Å². The van der Waals surface area contributed by atoms with Gasteiger partial charge in [0, 0.05) is 13.1 Å². The highest BCUT2D eigenvalue weighted by molar-refractivity contribution is 5.77. The fourth-order valence-corrected chi connectivity index (χ4v) is 1.57. The Morgan fingerprint density at radius 1 is 1.50 bits per heavy atom. The van der Waals surface area contributed by atoms with E-state index in [2.05, 4.69) is 5.32 Å². The minimum absolute atomic E-state index is 0.0287. The maximum absolute atomic E-state index is 13.0. The van der Waals surface area contributed by atoms with E-state index in [0.29, 0.717) is 18.7 Å². The van der Waals surface area contributed by atoms with E-state index in [4.69, 9.17) is 5.11 Å². The lowest BCUT2D eigenvalue weighted by Gasteiger charge is -2.14. The molecule has 2 N–H and O–H groups in total. The van der Waals surface area contributed by atoms with Gasteiger partial charge in [-0.05, 0) is 31.2 Å². The molecule has 1 rings (SSSR count). The molecular formula is C13H19FN2O2. The van der Waals surface area contributed by atoms with E-state index in [0.717, 1.165) is 5.56 Å². The van der Waals surface area contributed by atoms with Crippen molar-refractivity contribution in [2.24, 2.45) is 0 Å². The Morgan fingerprint density at radius 3 is 2.83 bits per heavy atom. The van der Waals surface area contributed by atoms with E-state index in [9.17, 15) is 9.18 Å². The molecule has 1 aromatic rings. The number of aryl methyl sites for hydroxylation is 1. The summed E-state index contributed by atoms with van der Waals surface area (Å²) >= 11 is 0. The molecular weight excluding hydrogens is 235 g/mol. The number of nitrogens with zero attached hydrogens (tertiary/aromatic N) is 1. The summed E-state index contributed by atoms with van der Waals surface area (Å²) in [7, 11) is 1.76. The fraction of sp³-hybridized carbons (Fsp3) is 0.462. The van der Waals surface area contributed by atoms with Crippen molar-refractivity contribution in [2.45, 2.75) is 13.5 Å². The summed E-state index contributed by atoms with van der Waals surface area (Å²) in [5.74, 6) is -0.360. The molecule has 0 aromatic heterocycles. The first-order valence-electron chi connectivity index (χ1n) is 5.84. The van der Waals surface area contributed by atoms with Crippen molar-refractivity contribution in [1.29, 1.82) is 0 Å². The molecule has 0 unspecified atom stereocenters. The Bertz CT molecular complexity index is 410. The lowest BCUT2D eigenvalue weighted by molar-refractivity contribution is -0.122. The van der Waals surface area contributed by atoms with Gasteiger partial charge in [-0.1, -0.05) is 12.1 Å². The summed E-state index contributed by atoms with van der Waals surface area (Å²) in [5, 5.41) is 11.5. The second-order valence-corrected chi connectivity index (χ2v) is 4.32. The highest BCUT2D eigenvalue weighted by Crippen LogP contribution is 2.08. The number of hydrogen-bond donors (Lipinski definition) is 2. The van der Waals surface area contributed by atoms with Gasteiger partial charge < -0.3 is 10.4 Å². The highest BCUT2D eigenvalue weighted by atomic mass is 19.1. The zero-order chi connectivity index (χ0) is 13.5. The van der Waals surface area contributed by atoms with Crippen LogP contribution in [-0.2, 0) is 11.3 Å². The topological polar surface area (TPSA) is 52.6 Å². The standard InChI is InChI=1S/C13H19FN2O2/c1-10-7-11(3-4-12(10)14)8-15-13(18)9-16(2)5-6-17/h3-4,7,17H,5-6,8-9H2,1-2H3,(H,15,18). The fourth-order valence-electron chi connectivity index (χ4n) is 1.57. The monoisotopic (exact) mass is 254 g/mol. The Balaban J connectivity index is 2.40. The first-order chi connectivity index (χ1) is 8.52. The summed E-state index contributed by atoms with van der Waals surface area (Å²) < 4.78 is 13.0. The van der Waals surface area contributed by atoms with Crippen molar-refractivity contribution in [3.63, 3.8) is 0 Å². The average molecular weight is 254 g/mol. The molecule has 0 spiro atoms. The van der Waals surface area contributed by atoms with Crippen LogP contribution in [0.3, 0.4) is 0 Å². The van der Waals surface area contributed by atoms with E-state index < -0.39 is 0 Å². The lowest BCUT2D eigenvalue weighted by Crippen LogP contribution is -2.36. The van der Waals surface area contributed by atoms with E-state index in [1.165, 1.54) is 6.07 Å². The molecule has 0 aliphatic carbocycles. The molecule has 5 heteroatoms. The summed E-state index contributed by atoms with van der Waals surface area (Å²) in [6.07, 6.45) is 0. The normalized spacial score (nSPS) is 10.7. The quantitative estimate of drug-likeness (QED) is 0.784. The van der Waals surface area contributed by atoms with E-state index in [1.54, 1.807) is 31.0 Å². The molecule has 1 amide bonds. The van der Waals surface area contributed by atoms with E-state index in [1.807, 2.05) is 0 Å². The van der Waals surface area contributed by atoms with Crippen LogP contribution < -0.4 is 5.32 Å². The van der Waals surface area contributed by atoms with Crippen LogP contribution >= 0.6 is 0 Å². The van der Waals surface area contributed by atoms with Crippen LogP contribution in [0.25, 0.3) is 0 Å². The van der Waals surface area contributed by atoms with Gasteiger partial charge in [0.05, 0.1) is 13.2 Å². The number of amides is 1. The highest BCUT2D eigenvalue weighted by Gasteiger charge is 2.06. The summed E-state index contributed by atoms with van der Waals surface area (Å²) in [4.78, 5) is 13.3. The van der Waals surface area contributed by atoms with Crippen LogP contribution in [0.1, 0.15) is 11.1 Å². The van der Waals surface area contributed by atoms with Gasteiger partial charge in [0.15, 0.2) is 0 Å². The number of aliphatic hydroxyl groups excluding tert-OH is 1. The maximum atomic E-state index is 13.0. The predicted molar refractivity (Wildman–Crippen MR) is 67.6 cm³/mol. The van der Waals surface area contributed by atoms with Gasteiger partial charge in [0.1, 0.15) is 5.82 Å². The lowest BCUT2D eigenvalue weighted by atomic mass is 10.1. The number of aliphatic hydroxyl groups is 1. The molecule has 1 aromatic carbocycles. The van der Waals surface area contributed by atoms with Crippen molar-refractivity contribution >= 4 is 5.91 Å². The second-order valence-electron chi connectivity index (χ2n) is 4.32. The Kier molecular flexibility index (Phi) is 5.74. The summed E-state index contributed by atoms with van der Waals surface area (Å²) in [6, 6.07) is 4.77. The number of likely N-dealkylation sites (N-methyl/N-ethyl adjacent to an activating group) is 1. The molecule has 18 heavy (non-hydrogen) atoms. The van der Waals surface area contributed by atoms with E-state index in [-0.39, 0.29) is 24.9 Å². The van der Waals surface area contributed by atoms with Gasteiger partial charge in [-0.15, -0.1) is 0 Å². The molecule has 0 bridgehead atoms. The molecule has 0 aliphatic rings. The number of carbonyl (C=O) groups is 1. The SMILES string of the molecule is Cc1cc(CNC(=O)CN(C)CCO)ccc1F. The van der Waals surface area contributed by atoms with Crippen molar-refractivity contribution in [1.82, 2.24) is 10.2 Å². The van der Waals surface area contributed by atoms with E-state index >= 15 is 0 Å². The molecule has 4 nitrogen and oxygen atoms in total. The molecule has 0 fully saturated rings. The number of benzene rings is 1. The van der Waals surface area contributed by atoms with Crippen LogP contribution in [0.5, 0.6) is 0 Å². The minimum Gasteiger partial charge on any atom is -0.395 e. The number of carbonyl (C=O) groups excluding carboxylic acids is 1. The maximum Gasteiger partial charge on any atom is 0.234 e. The first-order valence-corrected chi connectivity index (χ1v) is 5.84. The molecule has 0 saturated heterocycles. The van der Waals surface area contributed by atoms with Gasteiger partial charge in [0.25, 0.3) is 0 Å². The van der Waals surface area contributed by atoms with Gasteiger partial charge >= 0.3 is 0 Å². The van der Waals surface area contributed by atoms with Crippen LogP contribution in [0, 0.1) is 12.7 Å². The largest absolute Gasteiger partial charge is 0.395 e.